The van der Waals surface area contributed by atoms with Gasteiger partial charge in [0.1, 0.15) is 0 Å². The van der Waals surface area contributed by atoms with Crippen molar-refractivity contribution in [1.82, 2.24) is 9.88 Å². The molecule has 92 valence electrons. The number of nitrogens with zero attached hydrogens (tertiary/aromatic N) is 2. The van der Waals surface area contributed by atoms with E-state index < -0.39 is 26.1 Å². The molecular weight excluding hydrogens is 216 g/mol. The van der Waals surface area contributed by atoms with E-state index in [1.165, 1.54) is 25.3 Å². The lowest BCUT2D eigenvalue weighted by Crippen LogP contribution is -2.37. The molecule has 4 nitrogen and oxygen atoms in total. The molecule has 1 aromatic heterocycles. The zero-order chi connectivity index (χ0) is 19.3. The van der Waals surface area contributed by atoms with Gasteiger partial charge < -0.3 is 4.74 Å². The van der Waals surface area contributed by atoms with Crippen molar-refractivity contribution in [2.45, 2.75) is 13.3 Å². The van der Waals surface area contributed by atoms with Gasteiger partial charge in [0.05, 0.1) is 18.6 Å². The van der Waals surface area contributed by atoms with Crippen molar-refractivity contribution in [3.63, 3.8) is 0 Å². The number of ketones is 1. The molecule has 2 rings (SSSR count). The Morgan fingerprint density at radius 1 is 1.53 bits per heavy atom. The van der Waals surface area contributed by atoms with E-state index >= 15 is 0 Å². The van der Waals surface area contributed by atoms with E-state index in [4.69, 9.17) is 11.0 Å². The Morgan fingerprint density at radius 2 is 2.29 bits per heavy atom. The van der Waals surface area contributed by atoms with Gasteiger partial charge in [-0.2, -0.15) is 0 Å². The van der Waals surface area contributed by atoms with Crippen LogP contribution in [-0.2, 0) is 11.2 Å². The average molecular weight is 242 g/mol. The second kappa shape index (κ2) is 5.89. The molecule has 2 heterocycles. The number of carbonyl (C=O) groups excluding carboxylic acids is 1. The minimum atomic E-state index is -3.05. The number of aromatic nitrogens is 1. The molecule has 1 fully saturated rings. The Labute approximate surface area is 113 Å². The van der Waals surface area contributed by atoms with Gasteiger partial charge in [-0.05, 0) is 19.1 Å². The lowest BCUT2D eigenvalue weighted by atomic mass is 10.2. The molecule has 0 atom stereocenters. The molecule has 0 radical (unpaired) electrons. The molecule has 1 aliphatic rings. The summed E-state index contributed by atoms with van der Waals surface area (Å²) in [4.78, 5) is 15.7. The number of rotatable bonds is 4. The minimum Gasteiger partial charge on any atom is -0.379 e. The third-order valence-corrected chi connectivity index (χ3v) is 2.29. The monoisotopic (exact) mass is 242 g/mol. The van der Waals surface area contributed by atoms with Crippen molar-refractivity contribution < 1.29 is 20.5 Å². The van der Waals surface area contributed by atoms with Crippen LogP contribution in [0.3, 0.4) is 0 Å². The summed E-state index contributed by atoms with van der Waals surface area (Å²) in [7, 11) is 0. The number of hydrogen-bond acceptors (Lipinski definition) is 4. The molecular formula is C13H18N2O2. The molecule has 0 saturated carbocycles. The summed E-state index contributed by atoms with van der Waals surface area (Å²) in [5.41, 5.74) is 0.831. The number of pyridine rings is 1. The molecule has 17 heavy (non-hydrogen) atoms. The zero-order valence-corrected chi connectivity index (χ0v) is 9.36. The summed E-state index contributed by atoms with van der Waals surface area (Å²) in [6.45, 7) is -10.8. The number of morpholine rings is 1. The Kier molecular flexibility index (Phi) is 1.94. The Bertz CT molecular complexity index is 636. The molecule has 0 aromatic carbocycles. The second-order valence-electron chi connectivity index (χ2n) is 3.53. The molecule has 0 bridgehead atoms. The van der Waals surface area contributed by atoms with Gasteiger partial charge in [0.2, 0.25) is 0 Å². The van der Waals surface area contributed by atoms with E-state index in [-0.39, 0.29) is 18.7 Å². The largest absolute Gasteiger partial charge is 0.379 e. The molecule has 1 aliphatic heterocycles. The van der Waals surface area contributed by atoms with Crippen LogP contribution in [0.2, 0.25) is 0 Å². The van der Waals surface area contributed by atoms with E-state index in [1.807, 2.05) is 0 Å². The molecule has 0 amide bonds. The molecule has 0 aliphatic carbocycles. The van der Waals surface area contributed by atoms with Crippen molar-refractivity contribution in [2.75, 3.05) is 32.7 Å². The van der Waals surface area contributed by atoms with E-state index in [9.17, 15) is 4.79 Å². The lowest BCUT2D eigenvalue weighted by molar-refractivity contribution is 0.0383. The SMILES string of the molecule is [2H]C1([2H])OC([2H])([2H])C([2H])([2H])N(CCc2ccc(C(C)=O)cn2)C1([2H])[2H]. The van der Waals surface area contributed by atoms with Gasteiger partial charge in [-0.15, -0.1) is 0 Å². The summed E-state index contributed by atoms with van der Waals surface area (Å²) in [5.74, 6) is -0.165. The predicted molar refractivity (Wildman–Crippen MR) is 65.2 cm³/mol. The maximum Gasteiger partial charge on any atom is 0.161 e. The molecule has 4 heteroatoms. The molecule has 0 spiro atoms. The molecule has 1 saturated heterocycles. The first-order chi connectivity index (χ1) is 11.2. The van der Waals surface area contributed by atoms with Crippen molar-refractivity contribution in [3.8, 4) is 0 Å². The Hall–Kier alpha value is -1.26. The predicted octanol–water partition coefficient (Wildman–Crippen LogP) is 1.16. The number of ether oxygens (including phenoxy) is 1. The van der Waals surface area contributed by atoms with E-state index in [1.54, 1.807) is 0 Å². The van der Waals surface area contributed by atoms with Crippen LogP contribution in [0, 0.1) is 0 Å². The maximum atomic E-state index is 11.2. The van der Waals surface area contributed by atoms with Crippen LogP contribution in [0.15, 0.2) is 18.3 Å². The highest BCUT2D eigenvalue weighted by Crippen LogP contribution is 2.04. The standard InChI is InChI=1S/C13H18N2O2/c1-11(16)12-2-3-13(14-10-12)4-5-15-6-8-17-9-7-15/h2-3,10H,4-9H2,1H3/i6D2,7D2,8D2,9D2. The van der Waals surface area contributed by atoms with Crippen LogP contribution in [0.25, 0.3) is 0 Å². The van der Waals surface area contributed by atoms with Gasteiger partial charge in [-0.3, -0.25) is 14.7 Å². The van der Waals surface area contributed by atoms with Crippen molar-refractivity contribution >= 4 is 5.78 Å². The fourth-order valence-corrected chi connectivity index (χ4v) is 1.33. The third-order valence-electron chi connectivity index (χ3n) is 2.29. The van der Waals surface area contributed by atoms with Gasteiger partial charge >= 0.3 is 0 Å². The topological polar surface area (TPSA) is 42.4 Å². The third kappa shape index (κ3) is 3.61. The highest BCUT2D eigenvalue weighted by Gasteiger charge is 2.10. The van der Waals surface area contributed by atoms with E-state index in [0.717, 1.165) is 0 Å². The van der Waals surface area contributed by atoms with Crippen LogP contribution in [0.4, 0.5) is 0 Å². The van der Waals surface area contributed by atoms with Crippen molar-refractivity contribution in [3.05, 3.63) is 29.6 Å². The highest BCUT2D eigenvalue weighted by atomic mass is 16.5. The van der Waals surface area contributed by atoms with Crippen LogP contribution in [-0.4, -0.2) is 48.3 Å². The molecule has 0 unspecified atom stereocenters. The quantitative estimate of drug-likeness (QED) is 0.743. The van der Waals surface area contributed by atoms with Gasteiger partial charge in [-0.25, -0.2) is 0 Å². The fourth-order valence-electron chi connectivity index (χ4n) is 1.33. The fraction of sp³-hybridized carbons (Fsp3) is 0.538. The summed E-state index contributed by atoms with van der Waals surface area (Å²) in [6, 6.07) is 3.07. The average Bonchev–Trinajstić information content (AvgIpc) is 2.45. The summed E-state index contributed by atoms with van der Waals surface area (Å²) in [5, 5.41) is 0. The highest BCUT2D eigenvalue weighted by molar-refractivity contribution is 5.93. The maximum absolute atomic E-state index is 11.2. The molecule has 0 N–H and O–H groups in total. The van der Waals surface area contributed by atoms with Gasteiger partial charge in [0, 0.05) is 48.9 Å². The summed E-state index contributed by atoms with van der Waals surface area (Å²) < 4.78 is 66.5. The number of hydrogen-bond donors (Lipinski definition) is 0. The normalized spacial score (nSPS) is 35.8. The smallest absolute Gasteiger partial charge is 0.161 e. The van der Waals surface area contributed by atoms with Gasteiger partial charge in [0.15, 0.2) is 5.78 Å². The lowest BCUT2D eigenvalue weighted by Gasteiger charge is -2.26. The second-order valence-corrected chi connectivity index (χ2v) is 3.53. The summed E-state index contributed by atoms with van der Waals surface area (Å²) in [6.07, 6.45) is 1.38. The van der Waals surface area contributed by atoms with E-state index in [0.29, 0.717) is 16.2 Å². The van der Waals surface area contributed by atoms with Crippen LogP contribution < -0.4 is 0 Å². The van der Waals surface area contributed by atoms with E-state index in [2.05, 4.69) is 9.72 Å². The Morgan fingerprint density at radius 3 is 2.88 bits per heavy atom. The zero-order valence-electron chi connectivity index (χ0n) is 17.4. The van der Waals surface area contributed by atoms with Gasteiger partial charge in [0.25, 0.3) is 0 Å². The number of Topliss-reactive ketones (excluding diaryl/α,β-unsaturated/α-hetero) is 1. The summed E-state index contributed by atoms with van der Waals surface area (Å²) >= 11 is 0. The first kappa shape index (κ1) is 5.59. The Balaban J connectivity index is 2.26. The number of carbonyl (C=O) groups is 1. The van der Waals surface area contributed by atoms with Crippen molar-refractivity contribution in [2.24, 2.45) is 0 Å². The first-order valence-corrected chi connectivity index (χ1v) is 5.16. The minimum absolute atomic E-state index is 0.0311. The van der Waals surface area contributed by atoms with Crippen molar-refractivity contribution in [1.29, 1.82) is 0 Å². The van der Waals surface area contributed by atoms with Crippen LogP contribution in [0.5, 0.6) is 0 Å². The van der Waals surface area contributed by atoms with Crippen LogP contribution >= 0.6 is 0 Å². The van der Waals surface area contributed by atoms with Gasteiger partial charge in [-0.1, -0.05) is 0 Å². The van der Waals surface area contributed by atoms with Crippen LogP contribution in [0.1, 0.15) is 33.9 Å². The molecule has 1 aromatic rings. The first-order valence-electron chi connectivity index (χ1n) is 9.16.